The number of carbonyl (C=O) groups excluding carboxylic acids is 1. The van der Waals surface area contributed by atoms with E-state index < -0.39 is 0 Å². The summed E-state index contributed by atoms with van der Waals surface area (Å²) in [5, 5.41) is 4.60. The van der Waals surface area contributed by atoms with Gasteiger partial charge < -0.3 is 14.6 Å². The number of ether oxygens (including phenoxy) is 1. The van der Waals surface area contributed by atoms with Crippen LogP contribution in [0.25, 0.3) is 17.0 Å². The van der Waals surface area contributed by atoms with Crippen molar-refractivity contribution in [1.82, 2.24) is 9.88 Å². The quantitative estimate of drug-likeness (QED) is 0.506. The number of benzene rings is 2. The topological polar surface area (TPSA) is 55.6 Å². The standard InChI is InChI=1S/C24H25N3O2S/c1-4-16(3)27-15-17(20-8-6-7-9-21(20)27)14-22-23(28)26-24(30-22)25-18-10-12-19(13-11-18)29-5-2/h6-16H,4-5H2,1-3H3,(H,25,26,28)/b22-14+/t16-/m0/s1. The van der Waals surface area contributed by atoms with Gasteiger partial charge in [0.25, 0.3) is 5.91 Å². The van der Waals surface area contributed by atoms with Gasteiger partial charge in [0.05, 0.1) is 17.2 Å². The van der Waals surface area contributed by atoms with Crippen molar-refractivity contribution in [2.75, 3.05) is 6.61 Å². The second-order valence-electron chi connectivity index (χ2n) is 7.17. The van der Waals surface area contributed by atoms with Gasteiger partial charge in [0.1, 0.15) is 5.75 Å². The summed E-state index contributed by atoms with van der Waals surface area (Å²) in [4.78, 5) is 17.7. The van der Waals surface area contributed by atoms with Gasteiger partial charge in [-0.05, 0) is 68.4 Å². The molecule has 1 amide bonds. The highest BCUT2D eigenvalue weighted by Crippen LogP contribution is 2.32. The van der Waals surface area contributed by atoms with E-state index in [1.807, 2.05) is 43.3 Å². The number of hydrogen-bond donors (Lipinski definition) is 1. The van der Waals surface area contributed by atoms with Gasteiger partial charge in [0.15, 0.2) is 5.17 Å². The van der Waals surface area contributed by atoms with E-state index in [2.05, 4.69) is 53.1 Å². The van der Waals surface area contributed by atoms with Gasteiger partial charge in [-0.15, -0.1) is 0 Å². The molecule has 2 heterocycles. The Morgan fingerprint density at radius 2 is 1.93 bits per heavy atom. The van der Waals surface area contributed by atoms with E-state index in [1.54, 1.807) is 0 Å². The van der Waals surface area contributed by atoms with Gasteiger partial charge in [-0.2, -0.15) is 0 Å². The fourth-order valence-electron chi connectivity index (χ4n) is 3.43. The Morgan fingerprint density at radius 1 is 1.17 bits per heavy atom. The number of nitrogens with zero attached hydrogens (tertiary/aromatic N) is 2. The van der Waals surface area contributed by atoms with Crippen molar-refractivity contribution in [3.05, 3.63) is 65.2 Å². The molecule has 0 aliphatic carbocycles. The van der Waals surface area contributed by atoms with Crippen LogP contribution in [0, 0.1) is 0 Å². The Hall–Kier alpha value is -2.99. The smallest absolute Gasteiger partial charge is 0.264 e. The van der Waals surface area contributed by atoms with Gasteiger partial charge in [-0.25, -0.2) is 4.99 Å². The van der Waals surface area contributed by atoms with E-state index in [0.717, 1.165) is 28.8 Å². The molecule has 1 aromatic heterocycles. The molecule has 5 nitrogen and oxygen atoms in total. The fourth-order valence-corrected chi connectivity index (χ4v) is 4.26. The first-order valence-electron chi connectivity index (χ1n) is 10.2. The Balaban J connectivity index is 1.62. The van der Waals surface area contributed by atoms with Crippen LogP contribution in [0.5, 0.6) is 5.75 Å². The molecule has 1 saturated heterocycles. The summed E-state index contributed by atoms with van der Waals surface area (Å²) in [6.45, 7) is 6.97. The number of carbonyl (C=O) groups is 1. The zero-order valence-corrected chi connectivity index (χ0v) is 18.2. The number of aliphatic imine (C=N–C) groups is 1. The zero-order chi connectivity index (χ0) is 21.1. The molecule has 4 rings (SSSR count). The summed E-state index contributed by atoms with van der Waals surface area (Å²) in [5.74, 6) is 0.688. The lowest BCUT2D eigenvalue weighted by Gasteiger charge is -2.12. The van der Waals surface area contributed by atoms with Gasteiger partial charge in [0.2, 0.25) is 0 Å². The number of para-hydroxylation sites is 1. The largest absolute Gasteiger partial charge is 0.494 e. The van der Waals surface area contributed by atoms with E-state index in [9.17, 15) is 4.79 Å². The third kappa shape index (κ3) is 4.14. The van der Waals surface area contributed by atoms with Crippen LogP contribution in [0.15, 0.2) is 64.6 Å². The maximum Gasteiger partial charge on any atom is 0.264 e. The predicted molar refractivity (Wildman–Crippen MR) is 125 cm³/mol. The van der Waals surface area contributed by atoms with E-state index in [-0.39, 0.29) is 5.91 Å². The van der Waals surface area contributed by atoms with Crippen LogP contribution in [0.4, 0.5) is 5.69 Å². The van der Waals surface area contributed by atoms with Crippen LogP contribution >= 0.6 is 11.8 Å². The summed E-state index contributed by atoms with van der Waals surface area (Å²) in [6, 6.07) is 16.2. The average Bonchev–Trinajstić information content (AvgIpc) is 3.29. The second kappa shape index (κ2) is 8.79. The number of aromatic nitrogens is 1. The number of hydrogen-bond acceptors (Lipinski definition) is 4. The van der Waals surface area contributed by atoms with Crippen molar-refractivity contribution in [2.24, 2.45) is 4.99 Å². The molecule has 30 heavy (non-hydrogen) atoms. The summed E-state index contributed by atoms with van der Waals surface area (Å²) in [6.07, 6.45) is 5.14. The molecule has 1 atom stereocenters. The van der Waals surface area contributed by atoms with E-state index in [0.29, 0.717) is 22.7 Å². The highest BCUT2D eigenvalue weighted by atomic mass is 32.2. The molecule has 1 N–H and O–H groups in total. The van der Waals surface area contributed by atoms with Crippen molar-refractivity contribution >= 4 is 45.5 Å². The minimum absolute atomic E-state index is 0.120. The molecule has 154 valence electrons. The molecular formula is C24H25N3O2S. The van der Waals surface area contributed by atoms with E-state index in [4.69, 9.17) is 4.74 Å². The maximum atomic E-state index is 12.5. The Bertz CT molecular complexity index is 1130. The summed E-state index contributed by atoms with van der Waals surface area (Å²) in [5.41, 5.74) is 3.01. The third-order valence-corrected chi connectivity index (χ3v) is 6.06. The number of nitrogens with one attached hydrogen (secondary N) is 1. The van der Waals surface area contributed by atoms with E-state index in [1.165, 1.54) is 17.3 Å². The van der Waals surface area contributed by atoms with Crippen LogP contribution in [-0.2, 0) is 4.79 Å². The lowest BCUT2D eigenvalue weighted by molar-refractivity contribution is -0.115. The molecule has 1 fully saturated rings. The number of fused-ring (bicyclic) bond motifs is 1. The minimum atomic E-state index is -0.120. The molecule has 1 aliphatic rings. The lowest BCUT2D eigenvalue weighted by atomic mass is 10.1. The van der Waals surface area contributed by atoms with Crippen LogP contribution < -0.4 is 10.1 Å². The summed E-state index contributed by atoms with van der Waals surface area (Å²) < 4.78 is 7.74. The number of thioether (sulfide) groups is 1. The molecule has 0 spiro atoms. The van der Waals surface area contributed by atoms with Gasteiger partial charge >= 0.3 is 0 Å². The molecule has 3 aromatic rings. The predicted octanol–water partition coefficient (Wildman–Crippen LogP) is 5.90. The van der Waals surface area contributed by atoms with Gasteiger partial charge in [0, 0.05) is 28.7 Å². The average molecular weight is 420 g/mol. The van der Waals surface area contributed by atoms with Crippen molar-refractivity contribution in [3.63, 3.8) is 0 Å². The molecule has 0 radical (unpaired) electrons. The summed E-state index contributed by atoms with van der Waals surface area (Å²) in [7, 11) is 0. The number of rotatable bonds is 6. The summed E-state index contributed by atoms with van der Waals surface area (Å²) >= 11 is 1.36. The second-order valence-corrected chi connectivity index (χ2v) is 8.21. The van der Waals surface area contributed by atoms with Crippen molar-refractivity contribution in [2.45, 2.75) is 33.2 Å². The van der Waals surface area contributed by atoms with E-state index >= 15 is 0 Å². The molecule has 0 saturated carbocycles. The van der Waals surface area contributed by atoms with Crippen LogP contribution in [0.1, 0.15) is 38.8 Å². The van der Waals surface area contributed by atoms with Crippen molar-refractivity contribution in [3.8, 4) is 5.75 Å². The van der Waals surface area contributed by atoms with Gasteiger partial charge in [-0.1, -0.05) is 25.1 Å². The number of amides is 1. The highest BCUT2D eigenvalue weighted by molar-refractivity contribution is 8.18. The molecule has 0 bridgehead atoms. The van der Waals surface area contributed by atoms with Crippen molar-refractivity contribution in [1.29, 1.82) is 0 Å². The Morgan fingerprint density at radius 3 is 2.67 bits per heavy atom. The number of amidine groups is 1. The molecule has 6 heteroatoms. The fraction of sp³-hybridized carbons (Fsp3) is 0.250. The lowest BCUT2D eigenvalue weighted by Crippen LogP contribution is -2.19. The first-order chi connectivity index (χ1) is 14.6. The SMILES string of the molecule is CCOc1ccc(N=C2NC(=O)/C(=C\c3cn([C@@H](C)CC)c4ccccc34)S2)cc1. The van der Waals surface area contributed by atoms with Crippen molar-refractivity contribution < 1.29 is 9.53 Å². The monoisotopic (exact) mass is 419 g/mol. The zero-order valence-electron chi connectivity index (χ0n) is 17.4. The van der Waals surface area contributed by atoms with Gasteiger partial charge in [-0.3, -0.25) is 4.79 Å². The first-order valence-corrected chi connectivity index (χ1v) is 11.0. The maximum absolute atomic E-state index is 12.5. The minimum Gasteiger partial charge on any atom is -0.494 e. The molecular weight excluding hydrogens is 394 g/mol. The van der Waals surface area contributed by atoms with Crippen LogP contribution in [-0.4, -0.2) is 22.2 Å². The Labute approximate surface area is 180 Å². The molecule has 1 aliphatic heterocycles. The van der Waals surface area contributed by atoms with Crippen LogP contribution in [0.3, 0.4) is 0 Å². The Kier molecular flexibility index (Phi) is 5.95. The molecule has 2 aromatic carbocycles. The highest BCUT2D eigenvalue weighted by Gasteiger charge is 2.24. The first kappa shape index (κ1) is 20.3. The third-order valence-electron chi connectivity index (χ3n) is 5.15. The molecule has 0 unspecified atom stereocenters. The van der Waals surface area contributed by atoms with Crippen LogP contribution in [0.2, 0.25) is 0 Å². The normalized spacial score (nSPS) is 17.6.